The number of rotatable bonds is 9. The summed E-state index contributed by atoms with van der Waals surface area (Å²) in [5.41, 5.74) is -4.44. The van der Waals surface area contributed by atoms with Crippen molar-refractivity contribution in [2.24, 2.45) is 5.92 Å². The fourth-order valence-corrected chi connectivity index (χ4v) is 5.43. The zero-order chi connectivity index (χ0) is 30.9. The van der Waals surface area contributed by atoms with Crippen molar-refractivity contribution in [3.05, 3.63) is 87.6 Å². The van der Waals surface area contributed by atoms with Crippen molar-refractivity contribution in [1.82, 2.24) is 20.1 Å². The number of hydrogen-bond donors (Lipinski definition) is 3. The van der Waals surface area contributed by atoms with Crippen LogP contribution in [0.2, 0.25) is 0 Å². The molecule has 0 amide bonds. The van der Waals surface area contributed by atoms with Crippen LogP contribution in [0.3, 0.4) is 0 Å². The van der Waals surface area contributed by atoms with E-state index in [4.69, 9.17) is 4.74 Å². The molecule has 0 saturated carbocycles. The minimum absolute atomic E-state index is 0.0801. The predicted octanol–water partition coefficient (Wildman–Crippen LogP) is 5.77. The topological polar surface area (TPSA) is 92.2 Å². The van der Waals surface area contributed by atoms with E-state index in [1.807, 2.05) is 44.2 Å². The number of nitrogens with one attached hydrogen (secondary N) is 2. The molecule has 1 aromatic heterocycles. The molecular weight excluding hydrogens is 566 g/mol. The van der Waals surface area contributed by atoms with Gasteiger partial charge in [-0.3, -0.25) is 4.57 Å². The summed E-state index contributed by atoms with van der Waals surface area (Å²) in [6, 6.07) is 10.6. The summed E-state index contributed by atoms with van der Waals surface area (Å²) < 4.78 is 88.2. The van der Waals surface area contributed by atoms with Gasteiger partial charge in [-0.25, -0.2) is 9.89 Å². The van der Waals surface area contributed by atoms with Crippen molar-refractivity contribution in [2.75, 3.05) is 13.2 Å². The number of benzene rings is 2. The molecule has 1 unspecified atom stereocenters. The number of aromatic amines is 1. The molecule has 2 aromatic carbocycles. The number of H-pyrrole nitrogens is 1. The Kier molecular flexibility index (Phi) is 8.96. The molecule has 0 radical (unpaired) electrons. The van der Waals surface area contributed by atoms with Gasteiger partial charge in [0, 0.05) is 6.54 Å². The molecule has 4 rings (SSSR count). The molecule has 230 valence electrons. The summed E-state index contributed by atoms with van der Waals surface area (Å²) in [4.78, 5) is 12.6. The third-order valence-electron chi connectivity index (χ3n) is 8.18. The van der Waals surface area contributed by atoms with Gasteiger partial charge < -0.3 is 15.2 Å². The lowest BCUT2D eigenvalue weighted by Crippen LogP contribution is -2.61. The van der Waals surface area contributed by atoms with E-state index in [0.717, 1.165) is 5.56 Å². The lowest BCUT2D eigenvalue weighted by atomic mass is 9.73. The van der Waals surface area contributed by atoms with Crippen LogP contribution in [-0.2, 0) is 28.2 Å². The van der Waals surface area contributed by atoms with Crippen molar-refractivity contribution in [3.63, 3.8) is 0 Å². The largest absolute Gasteiger partial charge is 0.416 e. The van der Waals surface area contributed by atoms with E-state index in [0.29, 0.717) is 25.0 Å². The van der Waals surface area contributed by atoms with Crippen molar-refractivity contribution >= 4 is 0 Å². The first-order chi connectivity index (χ1) is 19.6. The van der Waals surface area contributed by atoms with Crippen LogP contribution in [0.1, 0.15) is 68.4 Å². The van der Waals surface area contributed by atoms with Crippen LogP contribution in [0, 0.1) is 5.92 Å². The molecule has 4 atom stereocenters. The first-order valence-electron chi connectivity index (χ1n) is 13.6. The SMILES string of the molecule is CC(C)C(O)C[C@]1(n2cn[nH]c2=O)CC[C@@](CO[C@H](C)c2cc(C(F)(F)F)cc(C(F)(F)F)c2)(c2ccccc2)NC1. The normalized spacial score (nSPS) is 23.2. The van der Waals surface area contributed by atoms with Crippen LogP contribution in [0.15, 0.2) is 59.7 Å². The zero-order valence-electron chi connectivity index (χ0n) is 23.4. The fraction of sp³-hybridized carbons (Fsp3) is 0.517. The van der Waals surface area contributed by atoms with Gasteiger partial charge in [-0.1, -0.05) is 44.2 Å². The van der Waals surface area contributed by atoms with E-state index in [9.17, 15) is 36.2 Å². The van der Waals surface area contributed by atoms with Gasteiger partial charge in [0.25, 0.3) is 0 Å². The third-order valence-corrected chi connectivity index (χ3v) is 8.18. The highest BCUT2D eigenvalue weighted by atomic mass is 19.4. The maximum Gasteiger partial charge on any atom is 0.416 e. The summed E-state index contributed by atoms with van der Waals surface area (Å²) >= 11 is 0. The number of ether oxygens (including phenoxy) is 1. The average molecular weight is 601 g/mol. The molecule has 3 aromatic rings. The molecule has 0 bridgehead atoms. The average Bonchev–Trinajstić information content (AvgIpc) is 3.38. The monoisotopic (exact) mass is 600 g/mol. The van der Waals surface area contributed by atoms with E-state index in [2.05, 4.69) is 15.5 Å². The van der Waals surface area contributed by atoms with Gasteiger partial charge in [0.05, 0.1) is 41.0 Å². The Balaban J connectivity index is 1.65. The lowest BCUT2D eigenvalue weighted by Gasteiger charge is -2.48. The summed E-state index contributed by atoms with van der Waals surface area (Å²) in [6.45, 7) is 5.28. The highest BCUT2D eigenvalue weighted by molar-refractivity contribution is 5.35. The van der Waals surface area contributed by atoms with Crippen molar-refractivity contribution < 1.29 is 36.2 Å². The summed E-state index contributed by atoms with van der Waals surface area (Å²) in [5, 5.41) is 20.5. The predicted molar refractivity (Wildman–Crippen MR) is 142 cm³/mol. The number of aliphatic hydroxyl groups excluding tert-OH is 1. The van der Waals surface area contributed by atoms with Crippen LogP contribution in [0.5, 0.6) is 0 Å². The zero-order valence-corrected chi connectivity index (χ0v) is 23.4. The van der Waals surface area contributed by atoms with Gasteiger partial charge in [-0.05, 0) is 61.4 Å². The second-order valence-corrected chi connectivity index (χ2v) is 11.4. The van der Waals surface area contributed by atoms with Crippen molar-refractivity contribution in [1.29, 1.82) is 0 Å². The molecule has 3 N–H and O–H groups in total. The number of alkyl halides is 6. The second-order valence-electron chi connectivity index (χ2n) is 11.4. The summed E-state index contributed by atoms with van der Waals surface area (Å²) in [6.07, 6.45) is -9.36. The van der Waals surface area contributed by atoms with Crippen LogP contribution in [-0.4, -0.2) is 39.1 Å². The highest BCUT2D eigenvalue weighted by Crippen LogP contribution is 2.42. The van der Waals surface area contributed by atoms with Crippen LogP contribution in [0.4, 0.5) is 26.3 Å². The Labute approximate surface area is 238 Å². The summed E-state index contributed by atoms with van der Waals surface area (Å²) in [5.74, 6) is -0.0801. The lowest BCUT2D eigenvalue weighted by molar-refractivity contribution is -0.143. The third kappa shape index (κ3) is 6.73. The Bertz CT molecular complexity index is 1360. The quantitative estimate of drug-likeness (QED) is 0.272. The Morgan fingerprint density at radius 3 is 2.10 bits per heavy atom. The maximum absolute atomic E-state index is 13.4. The smallest absolute Gasteiger partial charge is 0.393 e. The van der Waals surface area contributed by atoms with Gasteiger partial charge in [-0.2, -0.15) is 31.4 Å². The molecule has 42 heavy (non-hydrogen) atoms. The second kappa shape index (κ2) is 11.8. The Morgan fingerprint density at radius 2 is 1.62 bits per heavy atom. The van der Waals surface area contributed by atoms with Gasteiger partial charge in [0.1, 0.15) is 6.33 Å². The maximum atomic E-state index is 13.4. The molecule has 1 fully saturated rings. The molecule has 0 spiro atoms. The number of nitrogens with zero attached hydrogens (tertiary/aromatic N) is 2. The molecule has 0 aliphatic carbocycles. The van der Waals surface area contributed by atoms with E-state index in [1.54, 1.807) is 0 Å². The molecule has 1 aliphatic heterocycles. The standard InChI is InChI=1S/C29H34F6N4O3/c1-18(2)24(40)14-26(39-17-37-38-25(39)41)9-10-27(36-15-26,21-7-5-4-6-8-21)16-42-19(3)20-11-22(28(30,31)32)13-23(12-20)29(33,34)35/h4-8,11-13,17-19,24,36,40H,9-10,14-16H2,1-3H3,(H,38,41)/t19-,24?,26-,27-/m1/s1. The van der Waals surface area contributed by atoms with Gasteiger partial charge in [-0.15, -0.1) is 0 Å². The Hall–Kier alpha value is -3.16. The first-order valence-corrected chi connectivity index (χ1v) is 13.6. The van der Waals surface area contributed by atoms with Gasteiger partial charge in [0.2, 0.25) is 0 Å². The van der Waals surface area contributed by atoms with E-state index < -0.39 is 52.5 Å². The van der Waals surface area contributed by atoms with E-state index >= 15 is 0 Å². The number of aromatic nitrogens is 3. The fourth-order valence-electron chi connectivity index (χ4n) is 5.43. The van der Waals surface area contributed by atoms with E-state index in [1.165, 1.54) is 17.8 Å². The molecule has 2 heterocycles. The highest BCUT2D eigenvalue weighted by Gasteiger charge is 2.47. The molecule has 13 heteroatoms. The van der Waals surface area contributed by atoms with Crippen LogP contribution >= 0.6 is 0 Å². The van der Waals surface area contributed by atoms with Crippen LogP contribution < -0.4 is 11.0 Å². The minimum atomic E-state index is -4.97. The molecule has 7 nitrogen and oxygen atoms in total. The Morgan fingerprint density at radius 1 is 1.00 bits per heavy atom. The summed E-state index contributed by atoms with van der Waals surface area (Å²) in [7, 11) is 0. The van der Waals surface area contributed by atoms with Gasteiger partial charge >= 0.3 is 18.0 Å². The van der Waals surface area contributed by atoms with Crippen LogP contribution in [0.25, 0.3) is 0 Å². The first kappa shape index (κ1) is 31.8. The van der Waals surface area contributed by atoms with E-state index in [-0.39, 0.29) is 37.1 Å². The number of halogens is 6. The molecular formula is C29H34F6N4O3. The van der Waals surface area contributed by atoms with Crippen molar-refractivity contribution in [2.45, 2.75) is 75.7 Å². The van der Waals surface area contributed by atoms with Gasteiger partial charge in [0.15, 0.2) is 0 Å². The van der Waals surface area contributed by atoms with Crippen molar-refractivity contribution in [3.8, 4) is 0 Å². The molecule has 1 aliphatic rings. The molecule has 1 saturated heterocycles. The number of hydrogen-bond acceptors (Lipinski definition) is 5. The number of aliphatic hydroxyl groups is 1. The number of piperidine rings is 1. The minimum Gasteiger partial charge on any atom is -0.393 e.